The first-order chi connectivity index (χ1) is 33.5. The molecule has 1 unspecified atom stereocenters. The fourth-order valence-corrected chi connectivity index (χ4v) is 7.34. The molecule has 0 rings (SSSR count). The smallest absolute Gasteiger partial charge is 0.306 e. The average molecular weight is 943 g/mol. The Kier molecular flexibility index (Phi) is 52.4. The Morgan fingerprint density at radius 1 is 0.309 bits per heavy atom. The van der Waals surface area contributed by atoms with Crippen molar-refractivity contribution in [3.63, 3.8) is 0 Å². The van der Waals surface area contributed by atoms with Gasteiger partial charge in [0.1, 0.15) is 13.2 Å². The monoisotopic (exact) mass is 943 g/mol. The summed E-state index contributed by atoms with van der Waals surface area (Å²) in [6.45, 7) is 6.43. The number of hydrogen-bond acceptors (Lipinski definition) is 6. The zero-order valence-electron chi connectivity index (χ0n) is 44.1. The quantitative estimate of drug-likeness (QED) is 0.0262. The summed E-state index contributed by atoms with van der Waals surface area (Å²) < 4.78 is 16.8. The van der Waals surface area contributed by atoms with Gasteiger partial charge in [-0.3, -0.25) is 14.4 Å². The highest BCUT2D eigenvalue weighted by Gasteiger charge is 2.19. The molecule has 0 fully saturated rings. The maximum atomic E-state index is 12.8. The van der Waals surface area contributed by atoms with E-state index in [0.29, 0.717) is 19.3 Å². The molecule has 0 aliphatic rings. The van der Waals surface area contributed by atoms with Crippen LogP contribution in [-0.2, 0) is 28.6 Å². The molecule has 0 N–H and O–H groups in total. The van der Waals surface area contributed by atoms with Gasteiger partial charge in [-0.1, -0.05) is 233 Å². The van der Waals surface area contributed by atoms with Gasteiger partial charge in [0.15, 0.2) is 6.10 Å². The summed E-state index contributed by atoms with van der Waals surface area (Å²) >= 11 is 0. The molecule has 0 aromatic heterocycles. The van der Waals surface area contributed by atoms with Gasteiger partial charge in [-0.15, -0.1) is 0 Å². The van der Waals surface area contributed by atoms with E-state index in [1.165, 1.54) is 96.3 Å². The van der Waals surface area contributed by atoms with Gasteiger partial charge < -0.3 is 14.2 Å². The second kappa shape index (κ2) is 55.7. The molecule has 6 heteroatoms. The van der Waals surface area contributed by atoms with Gasteiger partial charge in [0, 0.05) is 19.3 Å². The summed E-state index contributed by atoms with van der Waals surface area (Å²) in [5, 5.41) is 0. The van der Waals surface area contributed by atoms with Crippen molar-refractivity contribution in [1.82, 2.24) is 0 Å². The SMILES string of the molecule is CC/C=C\C/C=C\C/C=C\C/C=C\C/C=C\C/C=C\C/C=C\CCCC(=O)OCC(COC(=O)CCCCCCCCCCCC)OC(=O)CCCCCCCCC/C=C\C/C=C\CCCCC. The largest absolute Gasteiger partial charge is 0.462 e. The van der Waals surface area contributed by atoms with Gasteiger partial charge in [-0.05, 0) is 103 Å². The number of hydrogen-bond donors (Lipinski definition) is 0. The van der Waals surface area contributed by atoms with Crippen LogP contribution in [0.4, 0.5) is 0 Å². The lowest BCUT2D eigenvalue weighted by molar-refractivity contribution is -0.167. The molecule has 0 amide bonds. The van der Waals surface area contributed by atoms with Crippen LogP contribution in [-0.4, -0.2) is 37.2 Å². The number of esters is 3. The Hall–Kier alpha value is -3.93. The Bertz CT molecular complexity index is 1410. The van der Waals surface area contributed by atoms with Crippen molar-refractivity contribution in [2.24, 2.45) is 0 Å². The van der Waals surface area contributed by atoms with Crippen molar-refractivity contribution < 1.29 is 28.6 Å². The minimum Gasteiger partial charge on any atom is -0.462 e. The normalized spacial score (nSPS) is 12.9. The van der Waals surface area contributed by atoms with Crippen molar-refractivity contribution in [2.75, 3.05) is 13.2 Å². The second-order valence-electron chi connectivity index (χ2n) is 18.1. The Balaban J connectivity index is 4.44. The summed E-state index contributed by atoms with van der Waals surface area (Å²) in [4.78, 5) is 38.0. The van der Waals surface area contributed by atoms with Crippen molar-refractivity contribution in [2.45, 2.75) is 252 Å². The fourth-order valence-electron chi connectivity index (χ4n) is 7.34. The minimum absolute atomic E-state index is 0.0993. The molecule has 0 heterocycles. The summed E-state index contributed by atoms with van der Waals surface area (Å²) in [6.07, 6.45) is 75.1. The predicted octanol–water partition coefficient (Wildman–Crippen LogP) is 18.7. The molecule has 6 nitrogen and oxygen atoms in total. The number of carbonyl (C=O) groups is 3. The molecule has 0 aliphatic carbocycles. The van der Waals surface area contributed by atoms with Crippen LogP contribution in [0.15, 0.2) is 109 Å². The maximum absolute atomic E-state index is 12.8. The van der Waals surface area contributed by atoms with Crippen LogP contribution in [0.1, 0.15) is 245 Å². The van der Waals surface area contributed by atoms with Crippen molar-refractivity contribution in [3.05, 3.63) is 109 Å². The van der Waals surface area contributed by atoms with Crippen LogP contribution < -0.4 is 0 Å². The van der Waals surface area contributed by atoms with Crippen molar-refractivity contribution in [3.8, 4) is 0 Å². The lowest BCUT2D eigenvalue weighted by Gasteiger charge is -2.18. The van der Waals surface area contributed by atoms with Crippen LogP contribution in [0.2, 0.25) is 0 Å². The Morgan fingerprint density at radius 3 is 0.985 bits per heavy atom. The highest BCUT2D eigenvalue weighted by molar-refractivity contribution is 5.71. The van der Waals surface area contributed by atoms with E-state index in [2.05, 4.69) is 130 Å². The highest BCUT2D eigenvalue weighted by Crippen LogP contribution is 2.14. The first kappa shape index (κ1) is 64.1. The van der Waals surface area contributed by atoms with Gasteiger partial charge in [-0.25, -0.2) is 0 Å². The van der Waals surface area contributed by atoms with Gasteiger partial charge in [0.25, 0.3) is 0 Å². The molecule has 386 valence electrons. The third-order valence-corrected chi connectivity index (χ3v) is 11.5. The standard InChI is InChI=1S/C62H102O6/c1-4-7-10-13-16-19-22-24-26-28-29-30-31-32-33-35-36-38-40-43-46-49-52-55-61(64)67-58-59(57-66-60(63)54-51-48-45-42-21-18-15-12-9-6-3)68-62(65)56-53-50-47-44-41-39-37-34-27-25-23-20-17-14-11-8-5-2/h7,10,16-17,19-20,24-27,29-30,32-33,36,38,43,46,59H,4-6,8-9,11-15,18,21-23,28,31,34-35,37,39-42,44-45,47-58H2,1-3H3/b10-7-,19-16-,20-17-,26-24-,27-25-,30-29-,33-32-,38-36-,46-43-. The van der Waals surface area contributed by atoms with Crippen LogP contribution in [0.25, 0.3) is 0 Å². The number of unbranched alkanes of at least 4 members (excludes halogenated alkanes) is 20. The first-order valence-electron chi connectivity index (χ1n) is 27.9. The number of ether oxygens (including phenoxy) is 3. The van der Waals surface area contributed by atoms with Gasteiger partial charge in [0.2, 0.25) is 0 Å². The summed E-state index contributed by atoms with van der Waals surface area (Å²) in [5.41, 5.74) is 0. The molecular weight excluding hydrogens is 841 g/mol. The van der Waals surface area contributed by atoms with Crippen molar-refractivity contribution in [1.29, 1.82) is 0 Å². The van der Waals surface area contributed by atoms with E-state index in [-0.39, 0.29) is 37.5 Å². The predicted molar refractivity (Wildman–Crippen MR) is 293 cm³/mol. The number of carbonyl (C=O) groups excluding carboxylic acids is 3. The zero-order valence-corrected chi connectivity index (χ0v) is 44.1. The molecule has 0 aromatic rings. The third kappa shape index (κ3) is 53.0. The van der Waals surface area contributed by atoms with E-state index in [1.54, 1.807) is 0 Å². The topological polar surface area (TPSA) is 78.9 Å². The molecule has 0 saturated carbocycles. The summed E-state index contributed by atoms with van der Waals surface area (Å²) in [7, 11) is 0. The second-order valence-corrected chi connectivity index (χ2v) is 18.1. The van der Waals surface area contributed by atoms with Gasteiger partial charge >= 0.3 is 17.9 Å². The molecule has 0 bridgehead atoms. The number of rotatable bonds is 49. The van der Waals surface area contributed by atoms with E-state index in [0.717, 1.165) is 103 Å². The lowest BCUT2D eigenvalue weighted by Crippen LogP contribution is -2.30. The van der Waals surface area contributed by atoms with Crippen LogP contribution >= 0.6 is 0 Å². The molecule has 0 aliphatic heterocycles. The van der Waals surface area contributed by atoms with Crippen molar-refractivity contribution >= 4 is 17.9 Å². The van der Waals surface area contributed by atoms with E-state index >= 15 is 0 Å². The third-order valence-electron chi connectivity index (χ3n) is 11.5. The minimum atomic E-state index is -0.805. The molecule has 0 spiro atoms. The van der Waals surface area contributed by atoms with Crippen LogP contribution in [0.3, 0.4) is 0 Å². The van der Waals surface area contributed by atoms with E-state index in [9.17, 15) is 14.4 Å². The number of allylic oxidation sites excluding steroid dienone is 18. The maximum Gasteiger partial charge on any atom is 0.306 e. The Morgan fingerprint density at radius 2 is 0.588 bits per heavy atom. The lowest BCUT2D eigenvalue weighted by atomic mass is 10.1. The highest BCUT2D eigenvalue weighted by atomic mass is 16.6. The zero-order chi connectivity index (χ0) is 49.3. The molecule has 1 atom stereocenters. The molecule has 0 radical (unpaired) electrons. The summed E-state index contributed by atoms with van der Waals surface area (Å²) in [5.74, 6) is -0.972. The molecule has 0 saturated heterocycles. The van der Waals surface area contributed by atoms with Crippen LogP contribution in [0, 0.1) is 0 Å². The summed E-state index contributed by atoms with van der Waals surface area (Å²) in [6, 6.07) is 0. The van der Waals surface area contributed by atoms with Gasteiger partial charge in [-0.2, -0.15) is 0 Å². The van der Waals surface area contributed by atoms with Crippen LogP contribution in [0.5, 0.6) is 0 Å². The Labute approximate surface area is 419 Å². The molecule has 0 aromatic carbocycles. The molecule has 68 heavy (non-hydrogen) atoms. The fraction of sp³-hybridized carbons (Fsp3) is 0.661. The average Bonchev–Trinajstić information content (AvgIpc) is 3.34. The van der Waals surface area contributed by atoms with Gasteiger partial charge in [0.05, 0.1) is 0 Å². The van der Waals surface area contributed by atoms with E-state index < -0.39 is 6.10 Å². The first-order valence-corrected chi connectivity index (χ1v) is 27.9. The van der Waals surface area contributed by atoms with E-state index in [4.69, 9.17) is 14.2 Å². The molecular formula is C62H102O6. The van der Waals surface area contributed by atoms with E-state index in [1.807, 2.05) is 0 Å².